The Balaban J connectivity index is 2.70. The molecule has 0 aromatic heterocycles. The van der Waals surface area contributed by atoms with Crippen molar-refractivity contribution in [3.05, 3.63) is 29.3 Å². The summed E-state index contributed by atoms with van der Waals surface area (Å²) in [6.45, 7) is 7.54. The van der Waals surface area contributed by atoms with Crippen LogP contribution >= 0.6 is 0 Å². The quantitative estimate of drug-likeness (QED) is 0.866. The van der Waals surface area contributed by atoms with Crippen molar-refractivity contribution in [2.24, 2.45) is 0 Å². The molecule has 0 bridgehead atoms. The van der Waals surface area contributed by atoms with Gasteiger partial charge in [0.2, 0.25) is 0 Å². The molecule has 96 valence electrons. The van der Waals surface area contributed by atoms with Crippen LogP contribution in [0.4, 0.5) is 0 Å². The van der Waals surface area contributed by atoms with Gasteiger partial charge < -0.3 is 10.0 Å². The Kier molecular flexibility index (Phi) is 4.58. The predicted molar refractivity (Wildman–Crippen MR) is 73.7 cm³/mol. The molecule has 0 saturated heterocycles. The molecule has 2 heteroatoms. The van der Waals surface area contributed by atoms with Gasteiger partial charge in [-0.05, 0) is 56.1 Å². The highest BCUT2D eigenvalue weighted by Gasteiger charge is 2.15. The molecule has 0 aliphatic carbocycles. The maximum Gasteiger partial charge on any atom is 0.119 e. The number of rotatable bonds is 4. The lowest BCUT2D eigenvalue weighted by Crippen LogP contribution is -2.14. The molecule has 17 heavy (non-hydrogen) atoms. The molecular weight excluding hydrogens is 210 g/mol. The summed E-state index contributed by atoms with van der Waals surface area (Å²) in [5, 5.41) is 10.0. The molecule has 2 nitrogen and oxygen atoms in total. The number of nitrogens with zero attached hydrogens (tertiary/aromatic N) is 1. The van der Waals surface area contributed by atoms with E-state index in [2.05, 4.69) is 51.9 Å². The van der Waals surface area contributed by atoms with Crippen molar-refractivity contribution >= 4 is 0 Å². The summed E-state index contributed by atoms with van der Waals surface area (Å²) in [6, 6.07) is 6.10. The van der Waals surface area contributed by atoms with Crippen molar-refractivity contribution < 1.29 is 5.11 Å². The van der Waals surface area contributed by atoms with Gasteiger partial charge in [0.15, 0.2) is 0 Å². The monoisotopic (exact) mass is 235 g/mol. The van der Waals surface area contributed by atoms with Gasteiger partial charge in [-0.25, -0.2) is 0 Å². The van der Waals surface area contributed by atoms with Crippen molar-refractivity contribution in [3.63, 3.8) is 0 Å². The topological polar surface area (TPSA) is 23.5 Å². The molecule has 0 unspecified atom stereocenters. The zero-order valence-corrected chi connectivity index (χ0v) is 11.7. The molecule has 1 rings (SSSR count). The van der Waals surface area contributed by atoms with Crippen molar-refractivity contribution in [3.8, 4) is 5.75 Å². The highest BCUT2D eigenvalue weighted by molar-refractivity contribution is 5.39. The average Bonchev–Trinajstić information content (AvgIpc) is 2.18. The second-order valence-corrected chi connectivity index (χ2v) is 6.00. The minimum Gasteiger partial charge on any atom is -0.508 e. The Bertz CT molecular complexity index is 364. The third kappa shape index (κ3) is 4.39. The van der Waals surface area contributed by atoms with E-state index in [1.54, 1.807) is 0 Å². The van der Waals surface area contributed by atoms with Gasteiger partial charge in [-0.1, -0.05) is 32.9 Å². The maximum atomic E-state index is 10.0. The first kappa shape index (κ1) is 14.0. The number of phenolic OH excluding ortho intramolecular Hbond substituents is 1. The van der Waals surface area contributed by atoms with Crippen LogP contribution in [0.15, 0.2) is 18.2 Å². The number of hydrogen-bond acceptors (Lipinski definition) is 2. The Hall–Kier alpha value is -1.02. The normalized spacial score (nSPS) is 12.1. The largest absolute Gasteiger partial charge is 0.508 e. The third-order valence-electron chi connectivity index (χ3n) is 3.00. The van der Waals surface area contributed by atoms with Crippen molar-refractivity contribution in [1.82, 2.24) is 4.90 Å². The van der Waals surface area contributed by atoms with Crippen LogP contribution in [0, 0.1) is 0 Å². The van der Waals surface area contributed by atoms with Gasteiger partial charge in [0.25, 0.3) is 0 Å². The van der Waals surface area contributed by atoms with Crippen LogP contribution in [-0.2, 0) is 11.8 Å². The third-order valence-corrected chi connectivity index (χ3v) is 3.00. The molecule has 0 heterocycles. The Morgan fingerprint density at radius 3 is 2.29 bits per heavy atom. The highest BCUT2D eigenvalue weighted by atomic mass is 16.3. The molecule has 0 aliphatic rings. The van der Waals surface area contributed by atoms with Crippen LogP contribution in [0.2, 0.25) is 0 Å². The summed E-state index contributed by atoms with van der Waals surface area (Å²) in [4.78, 5) is 2.17. The second-order valence-electron chi connectivity index (χ2n) is 6.00. The van der Waals surface area contributed by atoms with Crippen LogP contribution in [0.25, 0.3) is 0 Å². The fourth-order valence-corrected chi connectivity index (χ4v) is 1.83. The fraction of sp³-hybridized carbons (Fsp3) is 0.600. The van der Waals surface area contributed by atoms with Crippen molar-refractivity contribution in [2.75, 3.05) is 20.6 Å². The maximum absolute atomic E-state index is 10.0. The Morgan fingerprint density at radius 2 is 1.82 bits per heavy atom. The lowest BCUT2D eigenvalue weighted by molar-refractivity contribution is 0.397. The minimum absolute atomic E-state index is 0.0969. The number of benzene rings is 1. The molecule has 1 aromatic carbocycles. The zero-order valence-electron chi connectivity index (χ0n) is 11.7. The fourth-order valence-electron chi connectivity index (χ4n) is 1.83. The lowest BCUT2D eigenvalue weighted by atomic mass is 9.86. The molecule has 0 atom stereocenters. The summed E-state index contributed by atoms with van der Waals surface area (Å²) in [5.41, 5.74) is 2.34. The lowest BCUT2D eigenvalue weighted by Gasteiger charge is -2.20. The van der Waals surface area contributed by atoms with E-state index < -0.39 is 0 Å². The van der Waals surface area contributed by atoms with E-state index in [9.17, 15) is 5.11 Å². The van der Waals surface area contributed by atoms with E-state index >= 15 is 0 Å². The summed E-state index contributed by atoms with van der Waals surface area (Å²) in [7, 11) is 4.14. The van der Waals surface area contributed by atoms with E-state index in [-0.39, 0.29) is 5.41 Å². The van der Waals surface area contributed by atoms with Gasteiger partial charge in [-0.2, -0.15) is 0 Å². The molecule has 0 radical (unpaired) electrons. The average molecular weight is 235 g/mol. The zero-order chi connectivity index (χ0) is 13.1. The SMILES string of the molecule is CN(C)CCCc1ccc(C(C)(C)C)cc1O. The molecule has 1 aromatic rings. The standard InChI is InChI=1S/C15H25NO/c1-15(2,3)13-9-8-12(14(17)11-13)7-6-10-16(4)5/h8-9,11,17H,6-7,10H2,1-5H3. The minimum atomic E-state index is 0.0969. The summed E-state index contributed by atoms with van der Waals surface area (Å²) in [6.07, 6.45) is 2.02. The molecule has 0 fully saturated rings. The second kappa shape index (κ2) is 5.54. The van der Waals surface area contributed by atoms with Gasteiger partial charge in [-0.3, -0.25) is 0 Å². The summed E-state index contributed by atoms with van der Waals surface area (Å²) >= 11 is 0. The van der Waals surface area contributed by atoms with Crippen LogP contribution in [0.5, 0.6) is 5.75 Å². The predicted octanol–water partition coefficient (Wildman–Crippen LogP) is 3.18. The van der Waals surface area contributed by atoms with E-state index in [1.807, 2.05) is 6.07 Å². The first-order valence-corrected chi connectivity index (χ1v) is 6.28. The van der Waals surface area contributed by atoms with Crippen LogP contribution in [0.1, 0.15) is 38.3 Å². The van der Waals surface area contributed by atoms with Gasteiger partial charge in [0.1, 0.15) is 5.75 Å². The number of hydrogen-bond donors (Lipinski definition) is 1. The van der Waals surface area contributed by atoms with Gasteiger partial charge in [0, 0.05) is 0 Å². The van der Waals surface area contributed by atoms with Gasteiger partial charge in [-0.15, -0.1) is 0 Å². The first-order valence-electron chi connectivity index (χ1n) is 6.28. The summed E-state index contributed by atoms with van der Waals surface area (Å²) < 4.78 is 0. The highest BCUT2D eigenvalue weighted by Crippen LogP contribution is 2.28. The Labute approximate surface area is 105 Å². The van der Waals surface area contributed by atoms with Crippen molar-refractivity contribution in [1.29, 1.82) is 0 Å². The van der Waals surface area contributed by atoms with E-state index in [1.165, 1.54) is 5.56 Å². The van der Waals surface area contributed by atoms with Gasteiger partial charge >= 0.3 is 0 Å². The first-order chi connectivity index (χ1) is 7.80. The number of aromatic hydroxyl groups is 1. The molecule has 1 N–H and O–H groups in total. The Morgan fingerprint density at radius 1 is 1.18 bits per heavy atom. The van der Waals surface area contributed by atoms with Crippen molar-refractivity contribution in [2.45, 2.75) is 39.0 Å². The molecule has 0 spiro atoms. The van der Waals surface area contributed by atoms with Gasteiger partial charge in [0.05, 0.1) is 0 Å². The molecule has 0 amide bonds. The van der Waals surface area contributed by atoms with Crippen LogP contribution < -0.4 is 0 Å². The molecule has 0 aliphatic heterocycles. The van der Waals surface area contributed by atoms with E-state index in [4.69, 9.17) is 0 Å². The van der Waals surface area contributed by atoms with E-state index in [0.717, 1.165) is 24.9 Å². The van der Waals surface area contributed by atoms with E-state index in [0.29, 0.717) is 5.75 Å². The van der Waals surface area contributed by atoms with Crippen LogP contribution in [-0.4, -0.2) is 30.6 Å². The van der Waals surface area contributed by atoms with Crippen LogP contribution in [0.3, 0.4) is 0 Å². The number of phenols is 1. The smallest absolute Gasteiger partial charge is 0.119 e. The number of aryl methyl sites for hydroxylation is 1. The molecular formula is C15H25NO. The summed E-state index contributed by atoms with van der Waals surface area (Å²) in [5.74, 6) is 0.441. The molecule has 0 saturated carbocycles.